The molecule has 4 heteroatoms. The third-order valence-electron chi connectivity index (χ3n) is 7.58. The van der Waals surface area contributed by atoms with Crippen molar-refractivity contribution in [3.05, 3.63) is 84.1 Å². The summed E-state index contributed by atoms with van der Waals surface area (Å²) in [6.07, 6.45) is 2.30. The molecule has 0 fully saturated rings. The van der Waals surface area contributed by atoms with Crippen molar-refractivity contribution in [3.8, 4) is 11.3 Å². The lowest BCUT2D eigenvalue weighted by molar-refractivity contribution is -0.671. The van der Waals surface area contributed by atoms with Crippen LogP contribution in [0.5, 0.6) is 0 Å². The van der Waals surface area contributed by atoms with Crippen LogP contribution in [0.1, 0.15) is 30.9 Å². The smallest absolute Gasteiger partial charge is 0.359 e. The summed E-state index contributed by atoms with van der Waals surface area (Å²) in [6, 6.07) is 25.0. The minimum absolute atomic E-state index is 0.161. The molecule has 0 N–H and O–H groups in total. The van der Waals surface area contributed by atoms with E-state index >= 15 is 0 Å². The molecule has 2 aromatic heterocycles. The summed E-state index contributed by atoms with van der Waals surface area (Å²) in [5.74, 6) is 0.465. The van der Waals surface area contributed by atoms with Gasteiger partial charge in [0.25, 0.3) is 0 Å². The van der Waals surface area contributed by atoms with Gasteiger partial charge in [-0.3, -0.25) is 0 Å². The third-order valence-corrected chi connectivity index (χ3v) is 7.58. The van der Waals surface area contributed by atoms with Gasteiger partial charge >= 0.3 is 6.98 Å². The Kier molecular flexibility index (Phi) is 2.72. The Labute approximate surface area is 181 Å². The number of anilines is 2. The van der Waals surface area contributed by atoms with Crippen molar-refractivity contribution in [2.24, 2.45) is 0 Å². The zero-order valence-corrected chi connectivity index (χ0v) is 17.6. The second kappa shape index (κ2) is 5.20. The van der Waals surface area contributed by atoms with Gasteiger partial charge in [-0.15, -0.1) is 0 Å². The fraction of sp³-hybridized carbons (Fsp3) is 0.148. The molecule has 3 aromatic carbocycles. The highest BCUT2D eigenvalue weighted by Gasteiger charge is 2.51. The standard InChI is InChI=1S/C27H21BN3/c1-16(2)18-13-14-29-15-17-7-5-10-21-24(17)27(29)26(18)31-23-12-6-9-20-19-8-3-4-11-22(19)30(25(20)23)28(21)31/h3-14,16H,15H2,1-2H3/q+1. The van der Waals surface area contributed by atoms with Crippen molar-refractivity contribution in [1.29, 1.82) is 0 Å². The van der Waals surface area contributed by atoms with Gasteiger partial charge < -0.3 is 9.29 Å². The van der Waals surface area contributed by atoms with E-state index in [1.54, 1.807) is 0 Å². The Morgan fingerprint density at radius 2 is 1.74 bits per heavy atom. The van der Waals surface area contributed by atoms with Crippen molar-refractivity contribution in [1.82, 2.24) is 4.48 Å². The summed E-state index contributed by atoms with van der Waals surface area (Å²) in [6.45, 7) is 5.77. The highest BCUT2D eigenvalue weighted by atomic mass is 15.2. The van der Waals surface area contributed by atoms with E-state index in [4.69, 9.17) is 0 Å². The van der Waals surface area contributed by atoms with Crippen LogP contribution in [0.4, 0.5) is 11.4 Å². The average molecular weight is 398 g/mol. The maximum absolute atomic E-state index is 2.63. The summed E-state index contributed by atoms with van der Waals surface area (Å²) in [4.78, 5) is 2.63. The number of hydrogen-bond donors (Lipinski definition) is 0. The van der Waals surface area contributed by atoms with Crippen LogP contribution in [0.3, 0.4) is 0 Å². The quantitative estimate of drug-likeness (QED) is 0.282. The molecule has 146 valence electrons. The maximum atomic E-state index is 2.63. The summed E-state index contributed by atoms with van der Waals surface area (Å²) in [7, 11) is 0. The van der Waals surface area contributed by atoms with E-state index in [1.165, 1.54) is 61.0 Å². The van der Waals surface area contributed by atoms with Crippen LogP contribution in [0, 0.1) is 0 Å². The molecule has 0 bridgehead atoms. The second-order valence-corrected chi connectivity index (χ2v) is 9.44. The lowest BCUT2D eigenvalue weighted by atomic mass is 9.60. The van der Waals surface area contributed by atoms with E-state index in [0.717, 1.165) is 6.54 Å². The van der Waals surface area contributed by atoms with E-state index in [9.17, 15) is 0 Å². The molecular formula is C27H21BN3+. The van der Waals surface area contributed by atoms with Crippen LogP contribution in [-0.2, 0) is 6.54 Å². The fourth-order valence-electron chi connectivity index (χ4n) is 6.40. The topological polar surface area (TPSA) is 12.1 Å². The molecule has 5 aromatic rings. The zero-order chi connectivity index (χ0) is 20.4. The molecule has 0 aliphatic carbocycles. The number of aromatic nitrogens is 2. The Hall–Kier alpha value is -3.53. The van der Waals surface area contributed by atoms with E-state index in [0.29, 0.717) is 5.92 Å². The van der Waals surface area contributed by atoms with E-state index in [2.05, 4.69) is 101 Å². The van der Waals surface area contributed by atoms with Crippen LogP contribution >= 0.6 is 0 Å². The molecule has 5 heterocycles. The number of pyridine rings is 1. The van der Waals surface area contributed by atoms with E-state index in [1.807, 2.05) is 0 Å². The van der Waals surface area contributed by atoms with Crippen molar-refractivity contribution in [2.75, 3.05) is 4.81 Å². The van der Waals surface area contributed by atoms with Crippen molar-refractivity contribution < 1.29 is 4.57 Å². The van der Waals surface area contributed by atoms with Gasteiger partial charge in [0.2, 0.25) is 5.69 Å². The van der Waals surface area contributed by atoms with Gasteiger partial charge in [-0.2, -0.15) is 4.57 Å². The van der Waals surface area contributed by atoms with Gasteiger partial charge in [0.1, 0.15) is 5.69 Å². The number of rotatable bonds is 1. The molecule has 0 spiro atoms. The van der Waals surface area contributed by atoms with Crippen LogP contribution in [0.15, 0.2) is 72.9 Å². The Balaban J connectivity index is 1.61. The summed E-state index contributed by atoms with van der Waals surface area (Å²) >= 11 is 0. The monoisotopic (exact) mass is 398 g/mol. The molecule has 0 amide bonds. The first-order chi connectivity index (χ1) is 15.2. The molecule has 0 saturated carbocycles. The Morgan fingerprint density at radius 1 is 0.903 bits per heavy atom. The fourth-order valence-corrected chi connectivity index (χ4v) is 6.40. The normalized spacial score (nSPS) is 14.8. The van der Waals surface area contributed by atoms with Crippen LogP contribution in [0.25, 0.3) is 33.1 Å². The molecule has 0 radical (unpaired) electrons. The van der Waals surface area contributed by atoms with Crippen molar-refractivity contribution in [2.45, 2.75) is 26.3 Å². The van der Waals surface area contributed by atoms with Crippen LogP contribution < -0.4 is 14.8 Å². The lowest BCUT2D eigenvalue weighted by Crippen LogP contribution is -2.53. The molecule has 0 atom stereocenters. The number of hydrogen-bond acceptors (Lipinski definition) is 1. The lowest BCUT2D eigenvalue weighted by Gasteiger charge is -2.33. The summed E-state index contributed by atoms with van der Waals surface area (Å²) in [5.41, 5.74) is 12.6. The predicted octanol–water partition coefficient (Wildman–Crippen LogP) is 4.94. The second-order valence-electron chi connectivity index (χ2n) is 9.44. The first-order valence-corrected chi connectivity index (χ1v) is 11.2. The number of benzene rings is 3. The largest absolute Gasteiger partial charge is 0.421 e. The molecule has 0 unspecified atom stereocenters. The van der Waals surface area contributed by atoms with Crippen LogP contribution in [-0.4, -0.2) is 11.5 Å². The van der Waals surface area contributed by atoms with Gasteiger partial charge in [0.05, 0.1) is 16.8 Å². The molecule has 3 aliphatic rings. The first kappa shape index (κ1) is 16.2. The SMILES string of the molecule is CC(C)c1cc[n+]2c3c1N1B(c4cccc(c4-3)C2)n2c3ccccc3c3cccc1c32. The van der Waals surface area contributed by atoms with Gasteiger partial charge in [0, 0.05) is 27.9 Å². The molecule has 3 aliphatic heterocycles. The minimum Gasteiger partial charge on any atom is -0.359 e. The van der Waals surface area contributed by atoms with Gasteiger partial charge in [-0.05, 0) is 29.1 Å². The van der Waals surface area contributed by atoms with Gasteiger partial charge in [-0.25, -0.2) is 0 Å². The highest BCUT2D eigenvalue weighted by Crippen LogP contribution is 2.51. The number of nitrogens with zero attached hydrogens (tertiary/aromatic N) is 3. The molecule has 0 saturated heterocycles. The summed E-state index contributed by atoms with van der Waals surface area (Å²) in [5, 5.41) is 2.71. The molecular weight excluding hydrogens is 377 g/mol. The number of fused-ring (bicyclic) bond motifs is 8. The van der Waals surface area contributed by atoms with Crippen LogP contribution in [0.2, 0.25) is 0 Å². The molecule has 8 rings (SSSR count). The Bertz CT molecular complexity index is 1610. The molecule has 31 heavy (non-hydrogen) atoms. The zero-order valence-electron chi connectivity index (χ0n) is 17.6. The van der Waals surface area contributed by atoms with E-state index < -0.39 is 0 Å². The Morgan fingerprint density at radius 3 is 2.65 bits per heavy atom. The third kappa shape index (κ3) is 1.70. The first-order valence-electron chi connectivity index (χ1n) is 11.2. The number of para-hydroxylation sites is 2. The highest BCUT2D eigenvalue weighted by molar-refractivity contribution is 6.82. The maximum Gasteiger partial charge on any atom is 0.421 e. The van der Waals surface area contributed by atoms with Gasteiger partial charge in [-0.1, -0.05) is 62.4 Å². The van der Waals surface area contributed by atoms with Crippen molar-refractivity contribution in [3.63, 3.8) is 0 Å². The van der Waals surface area contributed by atoms with Crippen molar-refractivity contribution >= 4 is 45.6 Å². The summed E-state index contributed by atoms with van der Waals surface area (Å²) < 4.78 is 5.05. The van der Waals surface area contributed by atoms with Gasteiger partial charge in [0.15, 0.2) is 12.7 Å². The predicted molar refractivity (Wildman–Crippen MR) is 128 cm³/mol. The van der Waals surface area contributed by atoms with E-state index in [-0.39, 0.29) is 6.98 Å². The minimum atomic E-state index is 0.161. The molecule has 3 nitrogen and oxygen atoms in total. The average Bonchev–Trinajstić information content (AvgIpc) is 3.45.